The van der Waals surface area contributed by atoms with Gasteiger partial charge in [0.1, 0.15) is 5.75 Å². The molecule has 21 heavy (non-hydrogen) atoms. The van der Waals surface area contributed by atoms with Crippen molar-refractivity contribution in [2.75, 3.05) is 41.1 Å². The van der Waals surface area contributed by atoms with E-state index in [0.29, 0.717) is 26.2 Å². The van der Waals surface area contributed by atoms with Crippen LogP contribution < -0.4 is 4.74 Å². The average Bonchev–Trinajstić information content (AvgIpc) is 2.53. The molecule has 1 atom stereocenters. The fourth-order valence-electron chi connectivity index (χ4n) is 1.90. The maximum atomic E-state index is 12.1. The molecule has 0 N–H and O–H groups in total. The monoisotopic (exact) mass is 295 g/mol. The van der Waals surface area contributed by atoms with Crippen molar-refractivity contribution in [2.45, 2.75) is 19.4 Å². The highest BCUT2D eigenvalue weighted by Crippen LogP contribution is 2.22. The summed E-state index contributed by atoms with van der Waals surface area (Å²) in [5.74, 6) is 0.877. The third kappa shape index (κ3) is 5.73. The number of rotatable bonds is 9. The molecule has 0 fully saturated rings. The summed E-state index contributed by atoms with van der Waals surface area (Å²) in [6, 6.07) is 7.77. The number of carbonyl (C=O) groups is 1. The van der Waals surface area contributed by atoms with Gasteiger partial charge in [0.15, 0.2) is 0 Å². The third-order valence-electron chi connectivity index (χ3n) is 3.46. The van der Waals surface area contributed by atoms with Gasteiger partial charge < -0.3 is 19.1 Å². The minimum atomic E-state index is 0.0161. The smallest absolute Gasteiger partial charge is 0.225 e. The lowest BCUT2D eigenvalue weighted by Crippen LogP contribution is -2.30. The first-order chi connectivity index (χ1) is 10.1. The molecule has 0 spiro atoms. The lowest BCUT2D eigenvalue weighted by atomic mass is 10.1. The molecular formula is C16H25NO4. The number of nitrogens with zero attached hydrogens (tertiary/aromatic N) is 1. The van der Waals surface area contributed by atoms with E-state index in [-0.39, 0.29) is 11.9 Å². The lowest BCUT2D eigenvalue weighted by molar-refractivity contribution is -0.133. The Morgan fingerprint density at radius 2 is 1.81 bits per heavy atom. The van der Waals surface area contributed by atoms with Crippen LogP contribution in [0.1, 0.15) is 24.9 Å². The lowest BCUT2D eigenvalue weighted by Gasteiger charge is -2.25. The summed E-state index contributed by atoms with van der Waals surface area (Å²) < 4.78 is 15.3. The van der Waals surface area contributed by atoms with E-state index in [0.717, 1.165) is 11.3 Å². The Balaban J connectivity index is 2.44. The van der Waals surface area contributed by atoms with Gasteiger partial charge in [-0.1, -0.05) is 12.1 Å². The molecule has 0 aliphatic heterocycles. The number of amides is 1. The molecule has 5 nitrogen and oxygen atoms in total. The van der Waals surface area contributed by atoms with Crippen LogP contribution >= 0.6 is 0 Å². The van der Waals surface area contributed by atoms with Gasteiger partial charge in [-0.2, -0.15) is 0 Å². The van der Waals surface area contributed by atoms with Crippen LogP contribution in [0.3, 0.4) is 0 Å². The van der Waals surface area contributed by atoms with Crippen molar-refractivity contribution < 1.29 is 19.0 Å². The zero-order chi connectivity index (χ0) is 15.7. The van der Waals surface area contributed by atoms with Gasteiger partial charge in [-0.25, -0.2) is 0 Å². The van der Waals surface area contributed by atoms with Crippen LogP contribution in [0.2, 0.25) is 0 Å². The number of methoxy groups -OCH3 is 2. The first kappa shape index (κ1) is 17.5. The molecule has 0 saturated carbocycles. The van der Waals surface area contributed by atoms with Crippen molar-refractivity contribution in [3.05, 3.63) is 29.8 Å². The molecule has 0 radical (unpaired) electrons. The SMILES string of the molecule is COCCOCCC(=O)N(C)[C@@H](C)c1ccc(OC)cc1. The van der Waals surface area contributed by atoms with Crippen molar-refractivity contribution >= 4 is 5.91 Å². The molecule has 1 aromatic carbocycles. The van der Waals surface area contributed by atoms with E-state index in [9.17, 15) is 4.79 Å². The van der Waals surface area contributed by atoms with Crippen LogP contribution in [0.5, 0.6) is 5.75 Å². The van der Waals surface area contributed by atoms with Gasteiger partial charge in [0.2, 0.25) is 5.91 Å². The Morgan fingerprint density at radius 3 is 2.38 bits per heavy atom. The molecule has 0 aliphatic rings. The molecule has 0 saturated heterocycles. The van der Waals surface area contributed by atoms with Gasteiger partial charge >= 0.3 is 0 Å². The number of ether oxygens (including phenoxy) is 3. The fraction of sp³-hybridized carbons (Fsp3) is 0.562. The van der Waals surface area contributed by atoms with Crippen molar-refractivity contribution in [2.24, 2.45) is 0 Å². The third-order valence-corrected chi connectivity index (χ3v) is 3.46. The van der Waals surface area contributed by atoms with Gasteiger partial charge in [-0.05, 0) is 24.6 Å². The molecule has 0 aliphatic carbocycles. The minimum absolute atomic E-state index is 0.0161. The molecule has 1 aromatic rings. The van der Waals surface area contributed by atoms with E-state index in [1.807, 2.05) is 38.2 Å². The van der Waals surface area contributed by atoms with Gasteiger partial charge in [0.05, 0.1) is 39.4 Å². The molecule has 0 unspecified atom stereocenters. The predicted molar refractivity (Wildman–Crippen MR) is 81.5 cm³/mol. The van der Waals surface area contributed by atoms with Crippen molar-refractivity contribution in [3.8, 4) is 5.75 Å². The summed E-state index contributed by atoms with van der Waals surface area (Å²) in [5.41, 5.74) is 1.08. The molecule has 118 valence electrons. The summed E-state index contributed by atoms with van der Waals surface area (Å²) in [5, 5.41) is 0. The number of hydrogen-bond acceptors (Lipinski definition) is 4. The summed E-state index contributed by atoms with van der Waals surface area (Å²) in [6.45, 7) is 3.49. The van der Waals surface area contributed by atoms with Gasteiger partial charge in [-0.3, -0.25) is 4.79 Å². The van der Waals surface area contributed by atoms with Crippen molar-refractivity contribution in [1.29, 1.82) is 0 Å². The molecule has 1 amide bonds. The van der Waals surface area contributed by atoms with E-state index in [1.165, 1.54) is 0 Å². The van der Waals surface area contributed by atoms with E-state index in [1.54, 1.807) is 19.1 Å². The second kappa shape index (κ2) is 9.37. The first-order valence-corrected chi connectivity index (χ1v) is 7.06. The summed E-state index contributed by atoms with van der Waals surface area (Å²) in [4.78, 5) is 13.8. The highest BCUT2D eigenvalue weighted by Gasteiger charge is 2.17. The number of benzene rings is 1. The van der Waals surface area contributed by atoms with Crippen molar-refractivity contribution in [3.63, 3.8) is 0 Å². The minimum Gasteiger partial charge on any atom is -0.497 e. The Morgan fingerprint density at radius 1 is 1.14 bits per heavy atom. The molecule has 0 bridgehead atoms. The van der Waals surface area contributed by atoms with E-state index in [2.05, 4.69) is 0 Å². The normalized spacial score (nSPS) is 12.0. The maximum absolute atomic E-state index is 12.1. The average molecular weight is 295 g/mol. The molecule has 1 rings (SSSR count). The van der Waals surface area contributed by atoms with Gasteiger partial charge in [0.25, 0.3) is 0 Å². The largest absolute Gasteiger partial charge is 0.497 e. The fourth-order valence-corrected chi connectivity index (χ4v) is 1.90. The Labute approximate surface area is 126 Å². The van der Waals surface area contributed by atoms with Gasteiger partial charge in [0, 0.05) is 14.2 Å². The van der Waals surface area contributed by atoms with Crippen LogP contribution in [-0.2, 0) is 14.3 Å². The van der Waals surface area contributed by atoms with E-state index >= 15 is 0 Å². The van der Waals surface area contributed by atoms with E-state index in [4.69, 9.17) is 14.2 Å². The second-order valence-electron chi connectivity index (χ2n) is 4.81. The predicted octanol–water partition coefficient (Wildman–Crippen LogP) is 2.27. The standard InChI is InChI=1S/C16H25NO4/c1-13(14-5-7-15(20-4)8-6-14)17(2)16(18)9-10-21-12-11-19-3/h5-8,13H,9-12H2,1-4H3/t13-/m0/s1. The zero-order valence-corrected chi connectivity index (χ0v) is 13.3. The molecule has 0 aromatic heterocycles. The van der Waals surface area contributed by atoms with Crippen molar-refractivity contribution in [1.82, 2.24) is 4.90 Å². The van der Waals surface area contributed by atoms with Crippen LogP contribution in [0.4, 0.5) is 0 Å². The van der Waals surface area contributed by atoms with Crippen LogP contribution in [0.25, 0.3) is 0 Å². The quantitative estimate of drug-likeness (QED) is 0.656. The summed E-state index contributed by atoms with van der Waals surface area (Å²) in [7, 11) is 5.07. The number of carbonyl (C=O) groups excluding carboxylic acids is 1. The van der Waals surface area contributed by atoms with E-state index < -0.39 is 0 Å². The van der Waals surface area contributed by atoms with Gasteiger partial charge in [-0.15, -0.1) is 0 Å². The second-order valence-corrected chi connectivity index (χ2v) is 4.81. The summed E-state index contributed by atoms with van der Waals surface area (Å²) in [6.07, 6.45) is 0.376. The highest BCUT2D eigenvalue weighted by atomic mass is 16.5. The Bertz CT molecular complexity index is 419. The van der Waals surface area contributed by atoms with Crippen LogP contribution in [-0.4, -0.2) is 51.9 Å². The molecular weight excluding hydrogens is 270 g/mol. The topological polar surface area (TPSA) is 48.0 Å². The van der Waals surface area contributed by atoms with Crippen LogP contribution in [0, 0.1) is 0 Å². The molecule has 5 heteroatoms. The maximum Gasteiger partial charge on any atom is 0.225 e. The number of hydrogen-bond donors (Lipinski definition) is 0. The first-order valence-electron chi connectivity index (χ1n) is 7.06. The Hall–Kier alpha value is -1.59. The summed E-state index contributed by atoms with van der Waals surface area (Å²) >= 11 is 0. The van der Waals surface area contributed by atoms with Crippen LogP contribution in [0.15, 0.2) is 24.3 Å². The highest BCUT2D eigenvalue weighted by molar-refractivity contribution is 5.76. The Kier molecular flexibility index (Phi) is 7.79. The zero-order valence-electron chi connectivity index (χ0n) is 13.3. The molecule has 0 heterocycles.